The summed E-state index contributed by atoms with van der Waals surface area (Å²) in [6.07, 6.45) is 4.18. The molecule has 1 saturated heterocycles. The van der Waals surface area contributed by atoms with Crippen LogP contribution in [0.1, 0.15) is 31.6 Å². The third-order valence-corrected chi connectivity index (χ3v) is 3.70. The van der Waals surface area contributed by atoms with Crippen LogP contribution in [0, 0.1) is 0 Å². The average molecular weight is 294 g/mol. The van der Waals surface area contributed by atoms with E-state index in [4.69, 9.17) is 14.9 Å². The Kier molecular flexibility index (Phi) is 6.07. The number of rotatable bonds is 7. The number of aliphatic imine (C=N–C) groups is 1. The van der Waals surface area contributed by atoms with Crippen LogP contribution in [0.15, 0.2) is 27.8 Å². The molecule has 1 aromatic heterocycles. The highest BCUT2D eigenvalue weighted by molar-refractivity contribution is 5.78. The van der Waals surface area contributed by atoms with E-state index in [0.29, 0.717) is 19.1 Å². The molecule has 1 aliphatic heterocycles. The van der Waals surface area contributed by atoms with Gasteiger partial charge in [0.25, 0.3) is 0 Å². The Morgan fingerprint density at radius 1 is 1.52 bits per heavy atom. The monoisotopic (exact) mass is 294 g/mol. The zero-order chi connectivity index (χ0) is 15.1. The summed E-state index contributed by atoms with van der Waals surface area (Å²) in [7, 11) is 1.67. The van der Waals surface area contributed by atoms with Gasteiger partial charge in [-0.25, -0.2) is 0 Å². The number of nitrogens with two attached hydrogens (primary N) is 1. The highest BCUT2D eigenvalue weighted by atomic mass is 16.5. The van der Waals surface area contributed by atoms with Crippen molar-refractivity contribution in [3.05, 3.63) is 24.2 Å². The second-order valence-corrected chi connectivity index (χ2v) is 5.50. The van der Waals surface area contributed by atoms with Gasteiger partial charge < -0.3 is 20.2 Å². The van der Waals surface area contributed by atoms with Gasteiger partial charge >= 0.3 is 0 Å². The van der Waals surface area contributed by atoms with E-state index in [2.05, 4.69) is 15.2 Å². The van der Waals surface area contributed by atoms with E-state index in [0.717, 1.165) is 18.8 Å². The molecular formula is C15H26N4O2. The van der Waals surface area contributed by atoms with Crippen molar-refractivity contribution in [1.29, 1.82) is 0 Å². The third-order valence-electron chi connectivity index (χ3n) is 3.70. The van der Waals surface area contributed by atoms with Gasteiger partial charge in [0.15, 0.2) is 5.96 Å². The molecule has 2 unspecified atom stereocenters. The van der Waals surface area contributed by atoms with Crippen molar-refractivity contribution >= 4 is 5.96 Å². The van der Waals surface area contributed by atoms with Gasteiger partial charge in [-0.15, -0.1) is 0 Å². The van der Waals surface area contributed by atoms with Crippen LogP contribution in [0.3, 0.4) is 0 Å². The quantitative estimate of drug-likeness (QED) is 0.586. The molecule has 0 spiro atoms. The molecule has 0 bridgehead atoms. The summed E-state index contributed by atoms with van der Waals surface area (Å²) in [6.45, 7) is 5.40. The SMILES string of the molecule is COCC(C)NC(N)=NCC(c1ccco1)N1CCCC1. The maximum atomic E-state index is 5.94. The van der Waals surface area contributed by atoms with Crippen LogP contribution < -0.4 is 11.1 Å². The lowest BCUT2D eigenvalue weighted by molar-refractivity contribution is 0.179. The number of ether oxygens (including phenoxy) is 1. The summed E-state index contributed by atoms with van der Waals surface area (Å²) < 4.78 is 10.6. The molecule has 0 radical (unpaired) electrons. The van der Waals surface area contributed by atoms with Crippen molar-refractivity contribution in [3.63, 3.8) is 0 Å². The Morgan fingerprint density at radius 2 is 2.29 bits per heavy atom. The zero-order valence-corrected chi connectivity index (χ0v) is 12.9. The lowest BCUT2D eigenvalue weighted by Gasteiger charge is -2.24. The van der Waals surface area contributed by atoms with Gasteiger partial charge in [0.2, 0.25) is 0 Å². The normalized spacial score (nSPS) is 19.6. The summed E-state index contributed by atoms with van der Waals surface area (Å²) in [4.78, 5) is 6.88. The maximum Gasteiger partial charge on any atom is 0.188 e. The molecular weight excluding hydrogens is 268 g/mol. The van der Waals surface area contributed by atoms with Gasteiger partial charge in [-0.3, -0.25) is 9.89 Å². The van der Waals surface area contributed by atoms with E-state index >= 15 is 0 Å². The summed E-state index contributed by atoms with van der Waals surface area (Å²) in [5.41, 5.74) is 5.94. The highest BCUT2D eigenvalue weighted by Gasteiger charge is 2.25. The van der Waals surface area contributed by atoms with E-state index in [1.165, 1.54) is 12.8 Å². The van der Waals surface area contributed by atoms with E-state index in [1.54, 1.807) is 13.4 Å². The summed E-state index contributed by atoms with van der Waals surface area (Å²) >= 11 is 0. The lowest BCUT2D eigenvalue weighted by Crippen LogP contribution is -2.41. The minimum atomic E-state index is 0.146. The first-order valence-corrected chi connectivity index (χ1v) is 7.53. The van der Waals surface area contributed by atoms with Crippen LogP contribution in [0.25, 0.3) is 0 Å². The molecule has 3 N–H and O–H groups in total. The fourth-order valence-electron chi connectivity index (χ4n) is 2.69. The second kappa shape index (κ2) is 8.05. The van der Waals surface area contributed by atoms with Crippen molar-refractivity contribution in [3.8, 4) is 0 Å². The lowest BCUT2D eigenvalue weighted by atomic mass is 10.2. The Hall–Kier alpha value is -1.53. The molecule has 1 fully saturated rings. The number of nitrogens with zero attached hydrogens (tertiary/aromatic N) is 2. The van der Waals surface area contributed by atoms with Crippen LogP contribution in [0.5, 0.6) is 0 Å². The largest absolute Gasteiger partial charge is 0.468 e. The van der Waals surface area contributed by atoms with Crippen LogP contribution >= 0.6 is 0 Å². The molecule has 21 heavy (non-hydrogen) atoms. The van der Waals surface area contributed by atoms with Gasteiger partial charge in [0.05, 0.1) is 25.5 Å². The van der Waals surface area contributed by atoms with Crippen molar-refractivity contribution < 1.29 is 9.15 Å². The van der Waals surface area contributed by atoms with E-state index in [9.17, 15) is 0 Å². The molecule has 0 amide bonds. The van der Waals surface area contributed by atoms with Crippen LogP contribution in [0.4, 0.5) is 0 Å². The predicted molar refractivity (Wildman–Crippen MR) is 83.2 cm³/mol. The molecule has 6 nitrogen and oxygen atoms in total. The standard InChI is InChI=1S/C15H26N4O2/c1-12(11-20-2)18-15(16)17-10-13(14-6-5-9-21-14)19-7-3-4-8-19/h5-6,9,12-13H,3-4,7-8,10-11H2,1-2H3,(H3,16,17,18). The maximum absolute atomic E-state index is 5.94. The molecule has 118 valence electrons. The number of hydrogen-bond donors (Lipinski definition) is 2. The summed E-state index contributed by atoms with van der Waals surface area (Å²) in [5.74, 6) is 1.41. The molecule has 0 aliphatic carbocycles. The fraction of sp³-hybridized carbons (Fsp3) is 0.667. The molecule has 2 atom stereocenters. The Morgan fingerprint density at radius 3 is 2.90 bits per heavy atom. The minimum absolute atomic E-state index is 0.146. The first kappa shape index (κ1) is 15.9. The van der Waals surface area contributed by atoms with Crippen molar-refractivity contribution in [1.82, 2.24) is 10.2 Å². The van der Waals surface area contributed by atoms with Crippen LogP contribution in [-0.2, 0) is 4.74 Å². The topological polar surface area (TPSA) is 76.0 Å². The van der Waals surface area contributed by atoms with Gasteiger partial charge in [-0.2, -0.15) is 0 Å². The molecule has 2 rings (SSSR count). The molecule has 2 heterocycles. The molecule has 1 aromatic rings. The predicted octanol–water partition coefficient (Wildman–Crippen LogP) is 1.36. The number of furan rings is 1. The Bertz CT molecular complexity index is 427. The van der Waals surface area contributed by atoms with Crippen LogP contribution in [-0.4, -0.2) is 50.3 Å². The molecule has 1 aliphatic rings. The van der Waals surface area contributed by atoms with Crippen LogP contribution in [0.2, 0.25) is 0 Å². The Labute approximate surface area is 126 Å². The molecule has 0 aromatic carbocycles. The minimum Gasteiger partial charge on any atom is -0.468 e. The number of guanidine groups is 1. The number of hydrogen-bond acceptors (Lipinski definition) is 4. The summed E-state index contributed by atoms with van der Waals surface area (Å²) in [5, 5.41) is 3.13. The number of nitrogens with one attached hydrogen (secondary N) is 1. The summed E-state index contributed by atoms with van der Waals surface area (Å²) in [6, 6.07) is 4.24. The first-order valence-electron chi connectivity index (χ1n) is 7.53. The van der Waals surface area contributed by atoms with Crippen molar-refractivity contribution in [2.45, 2.75) is 31.8 Å². The van der Waals surface area contributed by atoms with Crippen molar-refractivity contribution in [2.75, 3.05) is 33.4 Å². The second-order valence-electron chi connectivity index (χ2n) is 5.50. The van der Waals surface area contributed by atoms with E-state index in [-0.39, 0.29) is 12.1 Å². The van der Waals surface area contributed by atoms with Gasteiger partial charge in [-0.1, -0.05) is 0 Å². The van der Waals surface area contributed by atoms with Gasteiger partial charge in [0.1, 0.15) is 5.76 Å². The smallest absolute Gasteiger partial charge is 0.188 e. The van der Waals surface area contributed by atoms with E-state index in [1.807, 2.05) is 19.1 Å². The zero-order valence-electron chi connectivity index (χ0n) is 12.9. The Balaban J connectivity index is 1.95. The third kappa shape index (κ3) is 4.75. The van der Waals surface area contributed by atoms with Crippen molar-refractivity contribution in [2.24, 2.45) is 10.7 Å². The van der Waals surface area contributed by atoms with E-state index < -0.39 is 0 Å². The van der Waals surface area contributed by atoms with Gasteiger partial charge in [0, 0.05) is 13.2 Å². The molecule has 6 heteroatoms. The average Bonchev–Trinajstić information content (AvgIpc) is 3.12. The fourth-order valence-corrected chi connectivity index (χ4v) is 2.69. The molecule has 0 saturated carbocycles. The number of likely N-dealkylation sites (tertiary alicyclic amines) is 1. The number of methoxy groups -OCH3 is 1. The first-order chi connectivity index (χ1) is 10.2. The highest BCUT2D eigenvalue weighted by Crippen LogP contribution is 2.25. The van der Waals surface area contributed by atoms with Gasteiger partial charge in [-0.05, 0) is 45.0 Å².